The predicted octanol–water partition coefficient (Wildman–Crippen LogP) is 1.79. The highest BCUT2D eigenvalue weighted by Crippen LogP contribution is 2.32. The maximum atomic E-state index is 12.7. The first-order valence-corrected chi connectivity index (χ1v) is 9.77. The molecule has 2 amide bonds. The highest BCUT2D eigenvalue weighted by Gasteiger charge is 2.23. The van der Waals surface area contributed by atoms with Gasteiger partial charge < -0.3 is 24.6 Å². The first kappa shape index (κ1) is 18.2. The van der Waals surface area contributed by atoms with Crippen LogP contribution in [0.3, 0.4) is 0 Å². The number of ether oxygens (including phenoxy) is 2. The van der Waals surface area contributed by atoms with E-state index in [4.69, 9.17) is 9.47 Å². The third-order valence-electron chi connectivity index (χ3n) is 5.09. The molecule has 1 aromatic carbocycles. The minimum Gasteiger partial charge on any atom is -0.486 e. The van der Waals surface area contributed by atoms with Crippen LogP contribution in [0, 0.1) is 0 Å². The number of anilines is 2. The second kappa shape index (κ2) is 7.90. The van der Waals surface area contributed by atoms with E-state index in [2.05, 4.69) is 25.2 Å². The largest absolute Gasteiger partial charge is 0.486 e. The molecule has 1 fully saturated rings. The number of carbonyl (C=O) groups is 1. The number of aromatic nitrogens is 4. The van der Waals surface area contributed by atoms with Gasteiger partial charge in [0.25, 0.3) is 0 Å². The maximum Gasteiger partial charge on any atom is 0.321 e. The summed E-state index contributed by atoms with van der Waals surface area (Å²) < 4.78 is 12.9. The van der Waals surface area contributed by atoms with Gasteiger partial charge in [0.15, 0.2) is 11.5 Å². The molecule has 4 heterocycles. The second-order valence-electron chi connectivity index (χ2n) is 6.97. The first-order chi connectivity index (χ1) is 14.8. The SMILES string of the molecule is O=C(Nc1ccc2c(c1)OCCO2)N1CCN(c2cc(-n3ccnc3)ncn2)CC1. The highest BCUT2D eigenvalue weighted by molar-refractivity contribution is 5.90. The molecule has 0 spiro atoms. The number of nitrogens with zero attached hydrogens (tertiary/aromatic N) is 6. The van der Waals surface area contributed by atoms with Crippen molar-refractivity contribution in [2.75, 3.05) is 49.6 Å². The van der Waals surface area contributed by atoms with E-state index in [-0.39, 0.29) is 6.03 Å². The van der Waals surface area contributed by atoms with Crippen LogP contribution in [0.5, 0.6) is 11.5 Å². The van der Waals surface area contributed by atoms with Crippen LogP contribution in [-0.4, -0.2) is 69.8 Å². The van der Waals surface area contributed by atoms with Gasteiger partial charge in [0.1, 0.15) is 37.5 Å². The van der Waals surface area contributed by atoms with Crippen molar-refractivity contribution in [1.29, 1.82) is 0 Å². The lowest BCUT2D eigenvalue weighted by molar-refractivity contribution is 0.171. The van der Waals surface area contributed by atoms with E-state index in [1.54, 1.807) is 29.8 Å². The minimum atomic E-state index is -0.131. The lowest BCUT2D eigenvalue weighted by Gasteiger charge is -2.35. The second-order valence-corrected chi connectivity index (χ2v) is 6.97. The van der Waals surface area contributed by atoms with E-state index in [0.29, 0.717) is 56.6 Å². The van der Waals surface area contributed by atoms with Crippen LogP contribution < -0.4 is 19.7 Å². The van der Waals surface area contributed by atoms with E-state index >= 15 is 0 Å². The molecule has 3 aromatic rings. The van der Waals surface area contributed by atoms with Gasteiger partial charge in [-0.15, -0.1) is 0 Å². The molecule has 154 valence electrons. The van der Waals surface area contributed by atoms with Gasteiger partial charge in [-0.25, -0.2) is 19.7 Å². The van der Waals surface area contributed by atoms with Crippen molar-refractivity contribution in [3.63, 3.8) is 0 Å². The van der Waals surface area contributed by atoms with Gasteiger partial charge in [0.2, 0.25) is 0 Å². The molecule has 2 aliphatic rings. The molecule has 5 rings (SSSR count). The Kier molecular flexibility index (Phi) is 4.80. The summed E-state index contributed by atoms with van der Waals surface area (Å²) in [5.74, 6) is 2.95. The van der Waals surface area contributed by atoms with Crippen LogP contribution >= 0.6 is 0 Å². The molecule has 1 N–H and O–H groups in total. The molecule has 0 aliphatic carbocycles. The number of carbonyl (C=O) groups excluding carboxylic acids is 1. The molecule has 10 heteroatoms. The first-order valence-electron chi connectivity index (χ1n) is 9.77. The van der Waals surface area contributed by atoms with E-state index in [1.165, 1.54) is 0 Å². The number of fused-ring (bicyclic) bond motifs is 1. The average molecular weight is 407 g/mol. The van der Waals surface area contributed by atoms with Crippen molar-refractivity contribution < 1.29 is 14.3 Å². The average Bonchev–Trinajstić information content (AvgIpc) is 3.34. The van der Waals surface area contributed by atoms with Gasteiger partial charge in [-0.05, 0) is 12.1 Å². The van der Waals surface area contributed by atoms with Crippen LogP contribution in [0.2, 0.25) is 0 Å². The van der Waals surface area contributed by atoms with Crippen LogP contribution in [0.25, 0.3) is 5.82 Å². The Morgan fingerprint density at radius 3 is 2.57 bits per heavy atom. The Labute approximate surface area is 173 Å². The van der Waals surface area contributed by atoms with E-state index in [1.807, 2.05) is 29.0 Å². The summed E-state index contributed by atoms with van der Waals surface area (Å²) in [6, 6.07) is 7.22. The third-order valence-corrected chi connectivity index (χ3v) is 5.09. The van der Waals surface area contributed by atoms with Gasteiger partial charge in [-0.1, -0.05) is 0 Å². The summed E-state index contributed by atoms with van der Waals surface area (Å²) in [7, 11) is 0. The molecule has 0 atom stereocenters. The molecule has 0 unspecified atom stereocenters. The predicted molar refractivity (Wildman–Crippen MR) is 109 cm³/mol. The van der Waals surface area contributed by atoms with Gasteiger partial charge in [-0.2, -0.15) is 0 Å². The lowest BCUT2D eigenvalue weighted by Crippen LogP contribution is -2.50. The van der Waals surface area contributed by atoms with E-state index in [0.717, 1.165) is 11.6 Å². The number of urea groups is 1. The standard InChI is InChI=1S/C20H21N7O3/c28-20(24-15-1-2-16-17(11-15)30-10-9-29-16)26-7-5-25(6-8-26)18-12-19(23-13-22-18)27-4-3-21-14-27/h1-4,11-14H,5-10H2,(H,24,28). The normalized spacial score (nSPS) is 15.7. The van der Waals surface area contributed by atoms with Crippen molar-refractivity contribution in [2.24, 2.45) is 0 Å². The summed E-state index contributed by atoms with van der Waals surface area (Å²) in [5, 5.41) is 2.94. The van der Waals surface area contributed by atoms with E-state index in [9.17, 15) is 4.79 Å². The van der Waals surface area contributed by atoms with Gasteiger partial charge in [-0.3, -0.25) is 4.57 Å². The lowest BCUT2D eigenvalue weighted by atomic mass is 10.2. The molecule has 0 radical (unpaired) electrons. The van der Waals surface area contributed by atoms with Gasteiger partial charge in [0.05, 0.1) is 0 Å². The zero-order valence-corrected chi connectivity index (χ0v) is 16.3. The van der Waals surface area contributed by atoms with Crippen molar-refractivity contribution in [2.45, 2.75) is 0 Å². The molecule has 2 aromatic heterocycles. The number of amides is 2. The molecule has 1 saturated heterocycles. The smallest absolute Gasteiger partial charge is 0.321 e. The van der Waals surface area contributed by atoms with E-state index < -0.39 is 0 Å². The van der Waals surface area contributed by atoms with Crippen LogP contribution in [0.4, 0.5) is 16.3 Å². The molecule has 2 aliphatic heterocycles. The van der Waals surface area contributed by atoms with Crippen molar-refractivity contribution in [3.05, 3.63) is 49.3 Å². The summed E-state index contributed by atoms with van der Waals surface area (Å²) in [4.78, 5) is 29.4. The van der Waals surface area contributed by atoms with Crippen LogP contribution in [0.1, 0.15) is 0 Å². The fourth-order valence-electron chi connectivity index (χ4n) is 3.51. The topological polar surface area (TPSA) is 97.6 Å². The quantitative estimate of drug-likeness (QED) is 0.707. The fraction of sp³-hybridized carbons (Fsp3) is 0.300. The van der Waals surface area contributed by atoms with Crippen LogP contribution in [-0.2, 0) is 0 Å². The monoisotopic (exact) mass is 407 g/mol. The Morgan fingerprint density at radius 2 is 1.77 bits per heavy atom. The number of nitrogens with one attached hydrogen (secondary N) is 1. The number of hydrogen-bond acceptors (Lipinski definition) is 7. The Bertz CT molecular complexity index is 1030. The van der Waals surface area contributed by atoms with Crippen molar-refractivity contribution >= 4 is 17.5 Å². The minimum absolute atomic E-state index is 0.131. The number of benzene rings is 1. The van der Waals surface area contributed by atoms with Crippen LogP contribution in [0.15, 0.2) is 49.3 Å². The Balaban J connectivity index is 1.20. The molecule has 30 heavy (non-hydrogen) atoms. The summed E-state index contributed by atoms with van der Waals surface area (Å²) in [6.07, 6.45) is 6.80. The fourth-order valence-corrected chi connectivity index (χ4v) is 3.51. The molecule has 10 nitrogen and oxygen atoms in total. The Hall–Kier alpha value is -3.82. The summed E-state index contributed by atoms with van der Waals surface area (Å²) in [5.41, 5.74) is 0.687. The number of hydrogen-bond donors (Lipinski definition) is 1. The van der Waals surface area contributed by atoms with Gasteiger partial charge >= 0.3 is 6.03 Å². The third kappa shape index (κ3) is 3.71. The summed E-state index contributed by atoms with van der Waals surface area (Å²) in [6.45, 7) is 3.63. The summed E-state index contributed by atoms with van der Waals surface area (Å²) >= 11 is 0. The number of piperazine rings is 1. The molecular formula is C20H21N7O3. The highest BCUT2D eigenvalue weighted by atomic mass is 16.6. The molecule has 0 bridgehead atoms. The van der Waals surface area contributed by atoms with Gasteiger partial charge in [0, 0.05) is 56.4 Å². The zero-order chi connectivity index (χ0) is 20.3. The maximum absolute atomic E-state index is 12.7. The zero-order valence-electron chi connectivity index (χ0n) is 16.3. The molecule has 0 saturated carbocycles. The van der Waals surface area contributed by atoms with Crippen molar-refractivity contribution in [1.82, 2.24) is 24.4 Å². The molecular weight excluding hydrogens is 386 g/mol. The van der Waals surface area contributed by atoms with Crippen molar-refractivity contribution in [3.8, 4) is 17.3 Å². The number of rotatable bonds is 3. The number of imidazole rings is 1. The Morgan fingerprint density at radius 1 is 0.967 bits per heavy atom.